The minimum absolute atomic E-state index is 0.161. The van der Waals surface area contributed by atoms with Gasteiger partial charge in [-0.25, -0.2) is 14.3 Å². The average Bonchev–Trinajstić information content (AvgIpc) is 2.72. The third-order valence-corrected chi connectivity index (χ3v) is 2.26. The van der Waals surface area contributed by atoms with Crippen LogP contribution in [0.5, 0.6) is 0 Å². The number of imidazole rings is 1. The summed E-state index contributed by atoms with van der Waals surface area (Å²) >= 11 is 0. The van der Waals surface area contributed by atoms with E-state index in [1.54, 1.807) is 6.92 Å². The smallest absolute Gasteiger partial charge is 0.342 e. The number of Topliss-reactive ketones (excluding diaryl/α,β-unsaturated/α-hetero) is 1. The molecule has 0 aliphatic heterocycles. The van der Waals surface area contributed by atoms with Gasteiger partial charge in [-0.2, -0.15) is 5.10 Å². The number of carbonyl (C=O) groups excluding carboxylic acids is 2. The fourth-order valence-corrected chi connectivity index (χ4v) is 1.50. The van der Waals surface area contributed by atoms with Gasteiger partial charge in [-0.05, 0) is 13.0 Å². The number of esters is 1. The van der Waals surface area contributed by atoms with Crippen LogP contribution in [0.4, 0.5) is 0 Å². The maximum Gasteiger partial charge on any atom is 0.342 e. The Morgan fingerprint density at radius 2 is 2.24 bits per heavy atom. The SMILES string of the molecule is CCOC(=O)c1ccnn2c(C(C)=O)cnc12. The molecule has 2 aromatic heterocycles. The van der Waals surface area contributed by atoms with Crippen LogP contribution < -0.4 is 0 Å². The maximum absolute atomic E-state index is 11.6. The summed E-state index contributed by atoms with van der Waals surface area (Å²) < 4.78 is 6.24. The number of rotatable bonds is 3. The number of nitrogens with zero attached hydrogens (tertiary/aromatic N) is 3. The number of aromatic nitrogens is 3. The van der Waals surface area contributed by atoms with Crippen LogP contribution in [-0.4, -0.2) is 33.0 Å². The third kappa shape index (κ3) is 1.89. The van der Waals surface area contributed by atoms with Gasteiger partial charge in [0.05, 0.1) is 12.8 Å². The van der Waals surface area contributed by atoms with E-state index in [-0.39, 0.29) is 12.4 Å². The molecule has 0 aromatic carbocycles. The van der Waals surface area contributed by atoms with Gasteiger partial charge in [0, 0.05) is 13.1 Å². The molecule has 0 N–H and O–H groups in total. The molecular formula is C11H11N3O3. The summed E-state index contributed by atoms with van der Waals surface area (Å²) in [5, 5.41) is 3.99. The van der Waals surface area contributed by atoms with Gasteiger partial charge in [0.2, 0.25) is 0 Å². The molecule has 2 rings (SSSR count). The first-order chi connectivity index (χ1) is 8.15. The zero-order valence-corrected chi connectivity index (χ0v) is 9.51. The second-order valence-corrected chi connectivity index (χ2v) is 3.40. The number of hydrogen-bond donors (Lipinski definition) is 0. The van der Waals surface area contributed by atoms with Gasteiger partial charge < -0.3 is 4.74 Å². The van der Waals surface area contributed by atoms with Gasteiger partial charge in [0.15, 0.2) is 11.4 Å². The lowest BCUT2D eigenvalue weighted by Gasteiger charge is -2.03. The molecule has 0 saturated heterocycles. The van der Waals surface area contributed by atoms with Gasteiger partial charge in [0.25, 0.3) is 0 Å². The lowest BCUT2D eigenvalue weighted by Crippen LogP contribution is -2.09. The molecule has 0 spiro atoms. The molecule has 88 valence electrons. The predicted molar refractivity (Wildman–Crippen MR) is 58.9 cm³/mol. The predicted octanol–water partition coefficient (Wildman–Crippen LogP) is 1.11. The number of ether oxygens (including phenoxy) is 1. The van der Waals surface area contributed by atoms with E-state index in [0.29, 0.717) is 16.9 Å². The zero-order valence-electron chi connectivity index (χ0n) is 9.51. The van der Waals surface area contributed by atoms with Crippen molar-refractivity contribution in [1.82, 2.24) is 14.6 Å². The summed E-state index contributed by atoms with van der Waals surface area (Å²) in [6.45, 7) is 3.43. The Balaban J connectivity index is 2.59. The average molecular weight is 233 g/mol. The number of fused-ring (bicyclic) bond motifs is 1. The van der Waals surface area contributed by atoms with Crippen molar-refractivity contribution in [2.45, 2.75) is 13.8 Å². The van der Waals surface area contributed by atoms with Crippen molar-refractivity contribution in [3.63, 3.8) is 0 Å². The summed E-state index contributed by atoms with van der Waals surface area (Å²) in [5.74, 6) is -0.633. The van der Waals surface area contributed by atoms with Gasteiger partial charge in [-0.15, -0.1) is 0 Å². The van der Waals surface area contributed by atoms with Crippen molar-refractivity contribution in [2.75, 3.05) is 6.61 Å². The molecule has 6 heteroatoms. The molecule has 0 atom stereocenters. The quantitative estimate of drug-likeness (QED) is 0.586. The van der Waals surface area contributed by atoms with E-state index in [0.717, 1.165) is 0 Å². The molecule has 2 aromatic rings. The van der Waals surface area contributed by atoms with E-state index in [1.165, 1.54) is 29.9 Å². The van der Waals surface area contributed by atoms with Crippen LogP contribution in [-0.2, 0) is 4.74 Å². The lowest BCUT2D eigenvalue weighted by atomic mass is 10.3. The van der Waals surface area contributed by atoms with Crippen molar-refractivity contribution in [3.8, 4) is 0 Å². The Hall–Kier alpha value is -2.24. The topological polar surface area (TPSA) is 73.6 Å². The van der Waals surface area contributed by atoms with Crippen molar-refractivity contribution in [3.05, 3.63) is 29.7 Å². The van der Waals surface area contributed by atoms with Crippen molar-refractivity contribution in [1.29, 1.82) is 0 Å². The molecule has 0 fully saturated rings. The number of hydrogen-bond acceptors (Lipinski definition) is 5. The highest BCUT2D eigenvalue weighted by Gasteiger charge is 2.16. The molecule has 0 aliphatic carbocycles. The summed E-state index contributed by atoms with van der Waals surface area (Å²) in [7, 11) is 0. The highest BCUT2D eigenvalue weighted by molar-refractivity contribution is 5.98. The van der Waals surface area contributed by atoms with E-state index in [9.17, 15) is 9.59 Å². The van der Waals surface area contributed by atoms with E-state index < -0.39 is 5.97 Å². The van der Waals surface area contributed by atoms with E-state index in [1.807, 2.05) is 0 Å². The van der Waals surface area contributed by atoms with Crippen molar-refractivity contribution >= 4 is 17.4 Å². The second kappa shape index (κ2) is 4.32. The largest absolute Gasteiger partial charge is 0.462 e. The second-order valence-electron chi connectivity index (χ2n) is 3.40. The van der Waals surface area contributed by atoms with Crippen LogP contribution in [0.2, 0.25) is 0 Å². The fraction of sp³-hybridized carbons (Fsp3) is 0.273. The summed E-state index contributed by atoms with van der Waals surface area (Å²) in [6, 6.07) is 1.52. The fourth-order valence-electron chi connectivity index (χ4n) is 1.50. The van der Waals surface area contributed by atoms with Gasteiger partial charge >= 0.3 is 5.97 Å². The van der Waals surface area contributed by atoms with Crippen molar-refractivity contribution in [2.24, 2.45) is 0 Å². The first-order valence-electron chi connectivity index (χ1n) is 5.16. The monoisotopic (exact) mass is 233 g/mol. The summed E-state index contributed by atoms with van der Waals surface area (Å²) in [6.07, 6.45) is 2.83. The normalized spacial score (nSPS) is 10.5. The molecule has 6 nitrogen and oxygen atoms in total. The molecule has 17 heavy (non-hydrogen) atoms. The van der Waals surface area contributed by atoms with Crippen LogP contribution >= 0.6 is 0 Å². The van der Waals surface area contributed by atoms with E-state index in [2.05, 4.69) is 10.1 Å². The summed E-state index contributed by atoms with van der Waals surface area (Å²) in [5.41, 5.74) is 0.969. The third-order valence-electron chi connectivity index (χ3n) is 2.26. The van der Waals surface area contributed by atoms with Crippen LogP contribution in [0.1, 0.15) is 34.7 Å². The van der Waals surface area contributed by atoms with Gasteiger partial charge in [0.1, 0.15) is 11.3 Å². The minimum atomic E-state index is -0.472. The van der Waals surface area contributed by atoms with Crippen LogP contribution in [0, 0.1) is 0 Å². The number of carbonyl (C=O) groups is 2. The Morgan fingerprint density at radius 3 is 2.88 bits per heavy atom. The van der Waals surface area contributed by atoms with Gasteiger partial charge in [-0.1, -0.05) is 0 Å². The van der Waals surface area contributed by atoms with Crippen LogP contribution in [0.3, 0.4) is 0 Å². The Morgan fingerprint density at radius 1 is 1.47 bits per heavy atom. The first kappa shape index (κ1) is 11.3. The molecule has 0 unspecified atom stereocenters. The number of ketones is 1. The standard InChI is InChI=1S/C11H11N3O3/c1-3-17-11(16)8-4-5-13-14-9(7(2)15)6-12-10(8)14/h4-6H,3H2,1-2H3. The highest BCUT2D eigenvalue weighted by atomic mass is 16.5. The minimum Gasteiger partial charge on any atom is -0.462 e. The zero-order chi connectivity index (χ0) is 12.4. The molecule has 0 bridgehead atoms. The maximum atomic E-state index is 11.6. The molecule has 0 aliphatic rings. The molecule has 0 saturated carbocycles. The van der Waals surface area contributed by atoms with Gasteiger partial charge in [-0.3, -0.25) is 4.79 Å². The molecule has 2 heterocycles. The lowest BCUT2D eigenvalue weighted by molar-refractivity contribution is 0.0527. The molecule has 0 radical (unpaired) electrons. The molecular weight excluding hydrogens is 222 g/mol. The Bertz CT molecular complexity index is 589. The van der Waals surface area contributed by atoms with Crippen LogP contribution in [0.15, 0.2) is 18.5 Å². The Labute approximate surface area is 97.2 Å². The van der Waals surface area contributed by atoms with E-state index >= 15 is 0 Å². The summed E-state index contributed by atoms with van der Waals surface area (Å²) in [4.78, 5) is 27.0. The van der Waals surface area contributed by atoms with E-state index in [4.69, 9.17) is 4.74 Å². The van der Waals surface area contributed by atoms with Crippen LogP contribution in [0.25, 0.3) is 5.65 Å². The highest BCUT2D eigenvalue weighted by Crippen LogP contribution is 2.12. The Kier molecular flexibility index (Phi) is 2.86. The van der Waals surface area contributed by atoms with Crippen molar-refractivity contribution < 1.29 is 14.3 Å². The molecule has 0 amide bonds. The first-order valence-corrected chi connectivity index (χ1v) is 5.16.